The number of hydrogen-bond acceptors (Lipinski definition) is 3. The fourth-order valence-corrected chi connectivity index (χ4v) is 2.52. The monoisotopic (exact) mass is 276 g/mol. The Morgan fingerprint density at radius 3 is 2.65 bits per heavy atom. The number of benzene rings is 1. The first-order valence-electron chi connectivity index (χ1n) is 7.37. The molecule has 0 aliphatic carbocycles. The van der Waals surface area contributed by atoms with Gasteiger partial charge in [0, 0.05) is 18.3 Å². The molecule has 2 N–H and O–H groups in total. The molecule has 3 unspecified atom stereocenters. The van der Waals surface area contributed by atoms with E-state index in [-0.39, 0.29) is 12.0 Å². The molecular weight excluding hydrogens is 252 g/mol. The maximum Gasteiger partial charge on any atom is 0.253 e. The van der Waals surface area contributed by atoms with Gasteiger partial charge in [-0.15, -0.1) is 0 Å². The highest BCUT2D eigenvalue weighted by molar-refractivity contribution is 5.94. The van der Waals surface area contributed by atoms with Crippen LogP contribution in [0.15, 0.2) is 24.3 Å². The summed E-state index contributed by atoms with van der Waals surface area (Å²) in [5.41, 5.74) is 2.04. The number of nitrogens with one attached hydrogen (secondary N) is 2. The Morgan fingerprint density at radius 2 is 2.10 bits per heavy atom. The van der Waals surface area contributed by atoms with Crippen molar-refractivity contribution in [1.29, 1.82) is 0 Å². The lowest BCUT2D eigenvalue weighted by molar-refractivity contribution is -0.126. The summed E-state index contributed by atoms with van der Waals surface area (Å²) < 4.78 is 5.47. The predicted octanol–water partition coefficient (Wildman–Crippen LogP) is 2.72. The molecule has 0 radical (unpaired) electrons. The lowest BCUT2D eigenvalue weighted by Crippen LogP contribution is -2.31. The van der Waals surface area contributed by atoms with Gasteiger partial charge in [-0.3, -0.25) is 4.79 Å². The largest absolute Gasteiger partial charge is 0.368 e. The van der Waals surface area contributed by atoms with E-state index in [9.17, 15) is 4.79 Å². The van der Waals surface area contributed by atoms with Gasteiger partial charge in [0.2, 0.25) is 0 Å². The van der Waals surface area contributed by atoms with Crippen LogP contribution in [0, 0.1) is 5.92 Å². The Balaban J connectivity index is 1.95. The first kappa shape index (κ1) is 15.0. The van der Waals surface area contributed by atoms with Gasteiger partial charge in [0.15, 0.2) is 0 Å². The first-order valence-corrected chi connectivity index (χ1v) is 7.37. The molecule has 1 aromatic carbocycles. The van der Waals surface area contributed by atoms with E-state index < -0.39 is 0 Å². The molecule has 0 spiro atoms. The zero-order valence-electron chi connectivity index (χ0n) is 12.5. The van der Waals surface area contributed by atoms with Crippen LogP contribution in [-0.4, -0.2) is 25.2 Å². The molecule has 0 saturated carbocycles. The number of carbonyl (C=O) groups is 1. The van der Waals surface area contributed by atoms with E-state index in [4.69, 9.17) is 4.74 Å². The van der Waals surface area contributed by atoms with Crippen LogP contribution in [0.1, 0.15) is 38.8 Å². The molecule has 4 heteroatoms. The van der Waals surface area contributed by atoms with E-state index in [2.05, 4.69) is 31.4 Å². The molecule has 1 aromatic rings. The summed E-state index contributed by atoms with van der Waals surface area (Å²) in [6, 6.07) is 8.30. The molecule has 1 saturated heterocycles. The third-order valence-electron chi connectivity index (χ3n) is 3.83. The van der Waals surface area contributed by atoms with Crippen LogP contribution in [0.2, 0.25) is 0 Å². The zero-order valence-corrected chi connectivity index (χ0v) is 12.5. The highest BCUT2D eigenvalue weighted by Crippen LogP contribution is 2.22. The number of rotatable bonds is 5. The Hall–Kier alpha value is -1.39. The summed E-state index contributed by atoms with van der Waals surface area (Å²) in [6.45, 7) is 7.90. The van der Waals surface area contributed by atoms with Crippen LogP contribution >= 0.6 is 0 Å². The summed E-state index contributed by atoms with van der Waals surface area (Å²) in [7, 11) is 0. The first-order chi connectivity index (χ1) is 9.61. The van der Waals surface area contributed by atoms with Crippen LogP contribution in [0.5, 0.6) is 0 Å². The number of carbonyl (C=O) groups excluding carboxylic acids is 1. The van der Waals surface area contributed by atoms with Crippen LogP contribution < -0.4 is 10.6 Å². The molecule has 1 aliphatic heterocycles. The number of amides is 1. The van der Waals surface area contributed by atoms with Gasteiger partial charge in [-0.25, -0.2) is 0 Å². The van der Waals surface area contributed by atoms with E-state index >= 15 is 0 Å². The van der Waals surface area contributed by atoms with Gasteiger partial charge in [0.1, 0.15) is 6.10 Å². The summed E-state index contributed by atoms with van der Waals surface area (Å²) in [4.78, 5) is 12.1. The summed E-state index contributed by atoms with van der Waals surface area (Å²) >= 11 is 0. The second-order valence-corrected chi connectivity index (χ2v) is 5.45. The predicted molar refractivity (Wildman–Crippen MR) is 80.7 cm³/mol. The highest BCUT2D eigenvalue weighted by Gasteiger charge is 2.30. The summed E-state index contributed by atoms with van der Waals surface area (Å²) in [5, 5.41) is 6.29. The van der Waals surface area contributed by atoms with Crippen molar-refractivity contribution in [2.24, 2.45) is 5.92 Å². The van der Waals surface area contributed by atoms with Gasteiger partial charge in [-0.2, -0.15) is 0 Å². The molecule has 4 nitrogen and oxygen atoms in total. The Kier molecular flexibility index (Phi) is 5.15. The van der Waals surface area contributed by atoms with Gasteiger partial charge in [-0.1, -0.05) is 26.0 Å². The second kappa shape index (κ2) is 6.86. The molecule has 1 amide bonds. The molecule has 2 rings (SSSR count). The van der Waals surface area contributed by atoms with Gasteiger partial charge < -0.3 is 15.4 Å². The van der Waals surface area contributed by atoms with Gasteiger partial charge in [0.25, 0.3) is 5.91 Å². The molecule has 0 bridgehead atoms. The average molecular weight is 276 g/mol. The minimum Gasteiger partial charge on any atom is -0.368 e. The number of anilines is 1. The SMILES string of the molecule is CCNC(C)c1ccc(NC(=O)C2OCCC2C)cc1. The van der Waals surface area contributed by atoms with Crippen molar-refractivity contribution in [2.75, 3.05) is 18.5 Å². The molecule has 1 aliphatic rings. The van der Waals surface area contributed by atoms with E-state index in [0.717, 1.165) is 18.7 Å². The molecule has 110 valence electrons. The Morgan fingerprint density at radius 1 is 1.40 bits per heavy atom. The summed E-state index contributed by atoms with van der Waals surface area (Å²) in [6.07, 6.45) is 0.646. The number of hydrogen-bond donors (Lipinski definition) is 2. The van der Waals surface area contributed by atoms with E-state index in [1.165, 1.54) is 5.56 Å². The van der Waals surface area contributed by atoms with Crippen LogP contribution in [0.25, 0.3) is 0 Å². The topological polar surface area (TPSA) is 50.4 Å². The molecule has 20 heavy (non-hydrogen) atoms. The fourth-order valence-electron chi connectivity index (χ4n) is 2.52. The molecular formula is C16H24N2O2. The molecule has 1 fully saturated rings. The van der Waals surface area contributed by atoms with Crippen molar-refractivity contribution in [3.8, 4) is 0 Å². The fraction of sp³-hybridized carbons (Fsp3) is 0.562. The number of ether oxygens (including phenoxy) is 1. The third kappa shape index (κ3) is 3.58. The maximum atomic E-state index is 12.1. The van der Waals surface area contributed by atoms with Crippen LogP contribution in [0.3, 0.4) is 0 Å². The summed E-state index contributed by atoms with van der Waals surface area (Å²) in [5.74, 6) is 0.255. The average Bonchev–Trinajstić information content (AvgIpc) is 2.86. The van der Waals surface area contributed by atoms with Crippen molar-refractivity contribution in [1.82, 2.24) is 5.32 Å². The Bertz CT molecular complexity index is 444. The van der Waals surface area contributed by atoms with Crippen LogP contribution in [0.4, 0.5) is 5.69 Å². The zero-order chi connectivity index (χ0) is 14.5. The highest BCUT2D eigenvalue weighted by atomic mass is 16.5. The van der Waals surface area contributed by atoms with Gasteiger partial charge in [0.05, 0.1) is 0 Å². The Labute approximate surface area is 120 Å². The normalized spacial score (nSPS) is 23.6. The minimum absolute atomic E-state index is 0.0394. The quantitative estimate of drug-likeness (QED) is 0.869. The molecule has 1 heterocycles. The lowest BCUT2D eigenvalue weighted by Gasteiger charge is -2.16. The van der Waals surface area contributed by atoms with E-state index in [1.54, 1.807) is 0 Å². The third-order valence-corrected chi connectivity index (χ3v) is 3.83. The van der Waals surface area contributed by atoms with Crippen LogP contribution in [-0.2, 0) is 9.53 Å². The van der Waals surface area contributed by atoms with Crippen molar-refractivity contribution < 1.29 is 9.53 Å². The smallest absolute Gasteiger partial charge is 0.253 e. The van der Waals surface area contributed by atoms with Crippen molar-refractivity contribution in [3.05, 3.63) is 29.8 Å². The second-order valence-electron chi connectivity index (χ2n) is 5.45. The standard InChI is InChI=1S/C16H24N2O2/c1-4-17-12(3)13-5-7-14(8-6-13)18-16(19)15-11(2)9-10-20-15/h5-8,11-12,15,17H,4,9-10H2,1-3H3,(H,18,19). The maximum absolute atomic E-state index is 12.1. The van der Waals surface area contributed by atoms with Crippen molar-refractivity contribution in [3.63, 3.8) is 0 Å². The van der Waals surface area contributed by atoms with Gasteiger partial charge >= 0.3 is 0 Å². The molecule has 0 aromatic heterocycles. The molecule has 3 atom stereocenters. The van der Waals surface area contributed by atoms with Gasteiger partial charge in [-0.05, 0) is 43.5 Å². The lowest BCUT2D eigenvalue weighted by atomic mass is 10.0. The van der Waals surface area contributed by atoms with Crippen molar-refractivity contribution in [2.45, 2.75) is 39.3 Å². The van der Waals surface area contributed by atoms with E-state index in [1.807, 2.05) is 24.3 Å². The van der Waals surface area contributed by atoms with E-state index in [0.29, 0.717) is 18.6 Å². The minimum atomic E-state index is -0.310. The van der Waals surface area contributed by atoms with Crippen molar-refractivity contribution >= 4 is 11.6 Å².